The molecule has 0 aromatic carbocycles. The Hall–Kier alpha value is -1.69. The fourth-order valence-electron chi connectivity index (χ4n) is 2.92. The molecular formula is C17H24N4OS. The van der Waals surface area contributed by atoms with E-state index in [4.69, 9.17) is 0 Å². The van der Waals surface area contributed by atoms with Gasteiger partial charge in [0.15, 0.2) is 0 Å². The minimum absolute atomic E-state index is 0.159. The van der Waals surface area contributed by atoms with Crippen molar-refractivity contribution < 1.29 is 4.79 Å². The zero-order chi connectivity index (χ0) is 16.4. The first-order valence-corrected chi connectivity index (χ1v) is 9.17. The summed E-state index contributed by atoms with van der Waals surface area (Å²) in [7, 11) is 0. The molecule has 6 heteroatoms. The van der Waals surface area contributed by atoms with Crippen LogP contribution in [-0.2, 0) is 11.2 Å². The quantitative estimate of drug-likeness (QED) is 0.934. The van der Waals surface area contributed by atoms with Crippen LogP contribution in [0.15, 0.2) is 6.07 Å². The molecule has 5 nitrogen and oxygen atoms in total. The lowest BCUT2D eigenvalue weighted by Gasteiger charge is -2.30. The van der Waals surface area contributed by atoms with Crippen LogP contribution in [0, 0.1) is 12.8 Å². The first-order valence-electron chi connectivity index (χ1n) is 8.35. The molecule has 0 atom stereocenters. The lowest BCUT2D eigenvalue weighted by molar-refractivity contribution is -0.130. The molecule has 23 heavy (non-hydrogen) atoms. The van der Waals surface area contributed by atoms with Gasteiger partial charge in [0.2, 0.25) is 5.91 Å². The summed E-state index contributed by atoms with van der Waals surface area (Å²) in [4.78, 5) is 25.6. The van der Waals surface area contributed by atoms with Crippen LogP contribution in [0.25, 0.3) is 10.2 Å². The number of carbonyl (C=O) groups excluding carboxylic acids is 1. The molecule has 0 saturated carbocycles. The summed E-state index contributed by atoms with van der Waals surface area (Å²) in [5, 5.41) is 4.26. The highest BCUT2D eigenvalue weighted by atomic mass is 32.1. The maximum Gasteiger partial charge on any atom is 0.241 e. The van der Waals surface area contributed by atoms with Crippen LogP contribution in [-0.4, -0.2) is 40.4 Å². The molecule has 3 rings (SSSR count). The molecule has 2 aromatic heterocycles. The van der Waals surface area contributed by atoms with E-state index >= 15 is 0 Å². The number of thiophene rings is 1. The molecule has 3 heterocycles. The maximum absolute atomic E-state index is 12.4. The maximum atomic E-state index is 12.4. The molecule has 1 saturated heterocycles. The van der Waals surface area contributed by atoms with Crippen molar-refractivity contribution in [3.05, 3.63) is 16.8 Å². The average molecular weight is 332 g/mol. The van der Waals surface area contributed by atoms with Gasteiger partial charge in [-0.15, -0.1) is 11.3 Å². The van der Waals surface area contributed by atoms with Gasteiger partial charge in [-0.3, -0.25) is 4.79 Å². The largest absolute Gasteiger partial charge is 0.360 e. The zero-order valence-corrected chi connectivity index (χ0v) is 14.9. The molecule has 124 valence electrons. The summed E-state index contributed by atoms with van der Waals surface area (Å²) in [5.74, 6) is 2.41. The number of piperidine rings is 1. The molecule has 0 unspecified atom stereocenters. The van der Waals surface area contributed by atoms with Gasteiger partial charge in [0.25, 0.3) is 0 Å². The highest BCUT2D eigenvalue weighted by molar-refractivity contribution is 7.18. The molecule has 0 spiro atoms. The third kappa shape index (κ3) is 3.63. The molecule has 0 radical (unpaired) electrons. The predicted molar refractivity (Wildman–Crippen MR) is 95.0 cm³/mol. The number of rotatable bonds is 4. The molecule has 1 amide bonds. The Bertz CT molecular complexity index is 704. The number of carbonyl (C=O) groups is 1. The second-order valence-corrected chi connectivity index (χ2v) is 7.44. The number of nitrogens with zero attached hydrogens (tertiary/aromatic N) is 3. The molecule has 2 aromatic rings. The number of aryl methyl sites for hydroxylation is 2. The van der Waals surface area contributed by atoms with Crippen LogP contribution < -0.4 is 5.32 Å². The highest BCUT2D eigenvalue weighted by Gasteiger charge is 2.20. The Morgan fingerprint density at radius 1 is 1.39 bits per heavy atom. The van der Waals surface area contributed by atoms with Crippen LogP contribution in [0.4, 0.5) is 5.82 Å². The van der Waals surface area contributed by atoms with Gasteiger partial charge in [0.1, 0.15) is 16.5 Å². The van der Waals surface area contributed by atoms with E-state index in [9.17, 15) is 4.79 Å². The van der Waals surface area contributed by atoms with Crippen LogP contribution in [0.5, 0.6) is 0 Å². The van der Waals surface area contributed by atoms with E-state index in [0.29, 0.717) is 6.54 Å². The van der Waals surface area contributed by atoms with Crippen molar-refractivity contribution in [1.82, 2.24) is 14.9 Å². The van der Waals surface area contributed by atoms with Crippen molar-refractivity contribution in [2.75, 3.05) is 25.0 Å². The van der Waals surface area contributed by atoms with Crippen LogP contribution in [0.1, 0.15) is 37.4 Å². The van der Waals surface area contributed by atoms with E-state index in [1.165, 1.54) is 4.88 Å². The summed E-state index contributed by atoms with van der Waals surface area (Å²) in [5.41, 5.74) is 0. The van der Waals surface area contributed by atoms with Crippen molar-refractivity contribution in [2.45, 2.75) is 40.0 Å². The summed E-state index contributed by atoms with van der Waals surface area (Å²) in [6.45, 7) is 8.33. The number of nitrogens with one attached hydrogen (secondary N) is 1. The number of hydrogen-bond acceptors (Lipinski definition) is 5. The SMILES string of the molecule is CCc1cc2c(NCC(=O)N3CCC(C)CC3)nc(C)nc2s1. The standard InChI is InChI=1S/C17H24N4OS/c1-4-13-9-14-16(19-12(3)20-17(14)23-13)18-10-15(22)21-7-5-11(2)6-8-21/h9,11H,4-8,10H2,1-3H3,(H,18,19,20). The van der Waals surface area contributed by atoms with Crippen LogP contribution >= 0.6 is 11.3 Å². The molecule has 1 aliphatic rings. The monoisotopic (exact) mass is 332 g/mol. The lowest BCUT2D eigenvalue weighted by atomic mass is 9.99. The second-order valence-electron chi connectivity index (χ2n) is 6.32. The van der Waals surface area contributed by atoms with Crippen molar-refractivity contribution in [2.24, 2.45) is 5.92 Å². The molecule has 1 N–H and O–H groups in total. The van der Waals surface area contributed by atoms with Gasteiger partial charge >= 0.3 is 0 Å². The first kappa shape index (κ1) is 16.2. The molecule has 1 fully saturated rings. The summed E-state index contributed by atoms with van der Waals surface area (Å²) in [6.07, 6.45) is 3.20. The number of fused-ring (bicyclic) bond motifs is 1. The average Bonchev–Trinajstić information content (AvgIpc) is 2.96. The number of hydrogen-bond donors (Lipinski definition) is 1. The van der Waals surface area contributed by atoms with Gasteiger partial charge in [-0.05, 0) is 38.2 Å². The minimum Gasteiger partial charge on any atom is -0.360 e. The Balaban J connectivity index is 1.71. The highest BCUT2D eigenvalue weighted by Crippen LogP contribution is 2.29. The molecule has 0 aliphatic carbocycles. The van der Waals surface area contributed by atoms with Gasteiger partial charge < -0.3 is 10.2 Å². The van der Waals surface area contributed by atoms with Gasteiger partial charge in [-0.1, -0.05) is 13.8 Å². The number of amides is 1. The summed E-state index contributed by atoms with van der Waals surface area (Å²) >= 11 is 1.70. The molecule has 1 aliphatic heterocycles. The number of likely N-dealkylation sites (tertiary alicyclic amines) is 1. The third-order valence-electron chi connectivity index (χ3n) is 4.45. The Morgan fingerprint density at radius 3 is 2.83 bits per heavy atom. The second kappa shape index (κ2) is 6.83. The Labute approximate surface area is 141 Å². The van der Waals surface area contributed by atoms with E-state index in [2.05, 4.69) is 35.2 Å². The summed E-state index contributed by atoms with van der Waals surface area (Å²) in [6, 6.07) is 2.13. The smallest absolute Gasteiger partial charge is 0.241 e. The fraction of sp³-hybridized carbons (Fsp3) is 0.588. The van der Waals surface area contributed by atoms with E-state index in [0.717, 1.165) is 60.1 Å². The van der Waals surface area contributed by atoms with Crippen molar-refractivity contribution in [3.8, 4) is 0 Å². The Morgan fingerprint density at radius 2 is 2.13 bits per heavy atom. The molecule has 0 bridgehead atoms. The zero-order valence-electron chi connectivity index (χ0n) is 14.1. The van der Waals surface area contributed by atoms with E-state index in [1.807, 2.05) is 11.8 Å². The van der Waals surface area contributed by atoms with E-state index in [-0.39, 0.29) is 5.91 Å². The number of aromatic nitrogens is 2. The van der Waals surface area contributed by atoms with Crippen LogP contribution in [0.3, 0.4) is 0 Å². The normalized spacial score (nSPS) is 16.0. The molecular weight excluding hydrogens is 308 g/mol. The number of anilines is 1. The minimum atomic E-state index is 0.159. The van der Waals surface area contributed by atoms with Gasteiger partial charge in [0, 0.05) is 18.0 Å². The van der Waals surface area contributed by atoms with Crippen molar-refractivity contribution in [3.63, 3.8) is 0 Å². The van der Waals surface area contributed by atoms with Gasteiger partial charge in [0.05, 0.1) is 11.9 Å². The summed E-state index contributed by atoms with van der Waals surface area (Å²) < 4.78 is 0. The fourth-order valence-corrected chi connectivity index (χ4v) is 3.93. The van der Waals surface area contributed by atoms with Gasteiger partial charge in [-0.2, -0.15) is 0 Å². The third-order valence-corrected chi connectivity index (χ3v) is 5.62. The van der Waals surface area contributed by atoms with E-state index < -0.39 is 0 Å². The Kier molecular flexibility index (Phi) is 4.80. The van der Waals surface area contributed by atoms with Crippen molar-refractivity contribution in [1.29, 1.82) is 0 Å². The van der Waals surface area contributed by atoms with Crippen LogP contribution in [0.2, 0.25) is 0 Å². The predicted octanol–water partition coefficient (Wildman–Crippen LogP) is 3.23. The lowest BCUT2D eigenvalue weighted by Crippen LogP contribution is -2.41. The topological polar surface area (TPSA) is 58.1 Å². The van der Waals surface area contributed by atoms with E-state index in [1.54, 1.807) is 11.3 Å². The van der Waals surface area contributed by atoms with Gasteiger partial charge in [-0.25, -0.2) is 9.97 Å². The first-order chi connectivity index (χ1) is 11.1. The van der Waals surface area contributed by atoms with Crippen molar-refractivity contribution >= 4 is 33.3 Å².